The van der Waals surface area contributed by atoms with E-state index in [2.05, 4.69) is 5.10 Å². The van der Waals surface area contributed by atoms with E-state index in [0.717, 1.165) is 17.0 Å². The zero-order valence-electron chi connectivity index (χ0n) is 11.6. The van der Waals surface area contributed by atoms with Crippen LogP contribution in [-0.2, 0) is 16.9 Å². The fourth-order valence-electron chi connectivity index (χ4n) is 1.95. The number of nitrogens with one attached hydrogen (secondary N) is 1. The highest BCUT2D eigenvalue weighted by Gasteiger charge is 2.24. The van der Waals surface area contributed by atoms with Crippen molar-refractivity contribution >= 4 is 33.5 Å². The molecule has 0 fully saturated rings. The van der Waals surface area contributed by atoms with Crippen LogP contribution >= 0.6 is 11.6 Å². The normalized spacial score (nSPS) is 11.4. The van der Waals surface area contributed by atoms with E-state index in [1.165, 1.54) is 19.3 Å². The molecule has 0 aliphatic heterocycles. The lowest BCUT2D eigenvalue weighted by Crippen LogP contribution is -2.19. The minimum Gasteiger partial charge on any atom is -0.302 e. The molecule has 0 radical (unpaired) electrons. The molecule has 0 saturated carbocycles. The first-order chi connectivity index (χ1) is 10.2. The fraction of sp³-hybridized carbons (Fsp3) is 0.154. The molecule has 1 N–H and O–H groups in total. The van der Waals surface area contributed by atoms with Gasteiger partial charge in [-0.05, 0) is 12.1 Å². The molecule has 1 heterocycles. The van der Waals surface area contributed by atoms with Gasteiger partial charge in [0.15, 0.2) is 16.1 Å². The third kappa shape index (κ3) is 2.62. The van der Waals surface area contributed by atoms with Crippen molar-refractivity contribution in [1.82, 2.24) is 9.78 Å². The number of H-pyrrole nitrogens is 1. The van der Waals surface area contributed by atoms with Gasteiger partial charge in [-0.25, -0.2) is 8.42 Å². The maximum atomic E-state index is 12.3. The lowest BCUT2D eigenvalue weighted by atomic mass is 10.0. The number of hydrogen-bond acceptors (Lipinski definition) is 5. The van der Waals surface area contributed by atoms with Crippen LogP contribution < -0.4 is 5.56 Å². The molecule has 0 spiro atoms. The van der Waals surface area contributed by atoms with E-state index < -0.39 is 21.2 Å². The molecule has 0 amide bonds. The molecule has 22 heavy (non-hydrogen) atoms. The Morgan fingerprint density at radius 2 is 1.95 bits per heavy atom. The molecule has 2 rings (SSSR count). The molecule has 7 nitrogen and oxygen atoms in total. The van der Waals surface area contributed by atoms with Gasteiger partial charge in [-0.15, -0.1) is 0 Å². The van der Waals surface area contributed by atoms with Gasteiger partial charge in [-0.2, -0.15) is 0 Å². The molecule has 0 unspecified atom stereocenters. The summed E-state index contributed by atoms with van der Waals surface area (Å²) in [5.74, 6) is -0.699. The number of aryl methyl sites for hydroxylation is 1. The number of benzene rings is 1. The van der Waals surface area contributed by atoms with Crippen molar-refractivity contribution in [3.63, 3.8) is 0 Å². The lowest BCUT2D eigenvalue weighted by Gasteiger charge is -2.08. The number of carbonyl (C=O) groups excluding carboxylic acids is 2. The number of hydrogen-bond donors (Lipinski definition) is 1. The Balaban J connectivity index is 2.69. The number of ketones is 1. The Morgan fingerprint density at radius 3 is 2.41 bits per heavy atom. The Labute approximate surface area is 130 Å². The monoisotopic (exact) mass is 342 g/mol. The molecule has 9 heteroatoms. The standard InChI is InChI=1S/C13H11ClN2O5S/c1-16-13(19)8(5-15-16)12(18)7-3-4-10(22(2,20)21)9(6-17)11(7)14/h3-6,15H,1-2H3. The highest BCUT2D eigenvalue weighted by atomic mass is 35.5. The number of aromatic nitrogens is 2. The van der Waals surface area contributed by atoms with Crippen molar-refractivity contribution in [2.45, 2.75) is 4.90 Å². The zero-order valence-corrected chi connectivity index (χ0v) is 13.2. The number of nitrogens with zero attached hydrogens (tertiary/aromatic N) is 1. The highest BCUT2D eigenvalue weighted by Crippen LogP contribution is 2.27. The summed E-state index contributed by atoms with van der Waals surface area (Å²) in [4.78, 5) is 35.0. The first-order valence-electron chi connectivity index (χ1n) is 5.95. The topological polar surface area (TPSA) is 106 Å². The van der Waals surface area contributed by atoms with Crippen molar-refractivity contribution in [3.8, 4) is 0 Å². The lowest BCUT2D eigenvalue weighted by molar-refractivity contribution is 0.103. The van der Waals surface area contributed by atoms with E-state index in [1.54, 1.807) is 0 Å². The number of aldehydes is 1. The smallest absolute Gasteiger partial charge is 0.277 e. The van der Waals surface area contributed by atoms with Crippen LogP contribution in [0.1, 0.15) is 26.3 Å². The number of aromatic amines is 1. The van der Waals surface area contributed by atoms with Crippen molar-refractivity contribution in [1.29, 1.82) is 0 Å². The number of rotatable bonds is 4. The van der Waals surface area contributed by atoms with E-state index >= 15 is 0 Å². The summed E-state index contributed by atoms with van der Waals surface area (Å²) in [6, 6.07) is 2.30. The number of halogens is 1. The van der Waals surface area contributed by atoms with Gasteiger partial charge >= 0.3 is 0 Å². The summed E-state index contributed by atoms with van der Waals surface area (Å²) in [5.41, 5.74) is -1.13. The number of carbonyl (C=O) groups is 2. The maximum Gasteiger partial charge on any atom is 0.277 e. The zero-order chi connectivity index (χ0) is 16.7. The maximum absolute atomic E-state index is 12.3. The van der Waals surface area contributed by atoms with Crippen LogP contribution in [0.2, 0.25) is 5.02 Å². The first-order valence-corrected chi connectivity index (χ1v) is 8.22. The van der Waals surface area contributed by atoms with Crippen molar-refractivity contribution in [3.05, 3.63) is 50.4 Å². The molecule has 1 aromatic heterocycles. The van der Waals surface area contributed by atoms with Gasteiger partial charge in [-0.3, -0.25) is 19.1 Å². The summed E-state index contributed by atoms with van der Waals surface area (Å²) in [7, 11) is -2.24. The summed E-state index contributed by atoms with van der Waals surface area (Å²) < 4.78 is 24.3. The molecule has 0 aliphatic rings. The second kappa shape index (κ2) is 5.54. The Bertz CT molecular complexity index is 940. The molecule has 0 atom stereocenters. The van der Waals surface area contributed by atoms with Gasteiger partial charge in [0.2, 0.25) is 5.78 Å². The van der Waals surface area contributed by atoms with Gasteiger partial charge in [0, 0.05) is 25.1 Å². The first kappa shape index (κ1) is 16.2. The van der Waals surface area contributed by atoms with E-state index in [1.807, 2.05) is 0 Å². The van der Waals surface area contributed by atoms with Crippen molar-refractivity contribution in [2.75, 3.05) is 6.26 Å². The fourth-order valence-corrected chi connectivity index (χ4v) is 3.17. The van der Waals surface area contributed by atoms with Crippen molar-refractivity contribution < 1.29 is 18.0 Å². The van der Waals surface area contributed by atoms with Gasteiger partial charge in [0.05, 0.1) is 15.5 Å². The quantitative estimate of drug-likeness (QED) is 0.653. The average molecular weight is 343 g/mol. The summed E-state index contributed by atoms with van der Waals surface area (Å²) in [5, 5.41) is 2.25. The van der Waals surface area contributed by atoms with Crippen LogP contribution in [0.25, 0.3) is 0 Å². The minimum absolute atomic E-state index is 0.118. The van der Waals surface area contributed by atoms with Gasteiger partial charge in [0.1, 0.15) is 5.56 Å². The molecular weight excluding hydrogens is 332 g/mol. The highest BCUT2D eigenvalue weighted by molar-refractivity contribution is 7.90. The minimum atomic E-state index is -3.68. The number of sulfone groups is 1. The predicted octanol–water partition coefficient (Wildman–Crippen LogP) is 0.814. The van der Waals surface area contributed by atoms with Crippen LogP contribution in [0.3, 0.4) is 0 Å². The van der Waals surface area contributed by atoms with Crippen LogP contribution in [-0.4, -0.2) is 36.5 Å². The summed E-state index contributed by atoms with van der Waals surface area (Å²) >= 11 is 5.99. The third-order valence-corrected chi connectivity index (χ3v) is 4.65. The average Bonchev–Trinajstić information content (AvgIpc) is 2.77. The molecule has 0 aliphatic carbocycles. The van der Waals surface area contributed by atoms with Crippen molar-refractivity contribution in [2.24, 2.45) is 7.05 Å². The largest absolute Gasteiger partial charge is 0.302 e. The Kier molecular flexibility index (Phi) is 4.08. The molecule has 1 aromatic carbocycles. The second-order valence-corrected chi connectivity index (χ2v) is 6.97. The molecule has 0 bridgehead atoms. The molecule has 116 valence electrons. The molecule has 0 saturated heterocycles. The van der Waals surface area contributed by atoms with Gasteiger partial charge < -0.3 is 5.10 Å². The third-order valence-electron chi connectivity index (χ3n) is 3.08. The second-order valence-electron chi connectivity index (χ2n) is 4.61. The van der Waals surface area contributed by atoms with E-state index in [0.29, 0.717) is 0 Å². The SMILES string of the molecule is Cn1[nH]cc(C(=O)c2ccc(S(C)(=O)=O)c(C=O)c2Cl)c1=O. The molecule has 2 aromatic rings. The van der Waals surface area contributed by atoms with Crippen LogP contribution in [0.15, 0.2) is 28.0 Å². The van der Waals surface area contributed by atoms with Gasteiger partial charge in [0.25, 0.3) is 5.56 Å². The predicted molar refractivity (Wildman–Crippen MR) is 79.4 cm³/mol. The summed E-state index contributed by atoms with van der Waals surface area (Å²) in [6.07, 6.45) is 2.41. The van der Waals surface area contributed by atoms with E-state index in [4.69, 9.17) is 11.6 Å². The summed E-state index contributed by atoms with van der Waals surface area (Å²) in [6.45, 7) is 0. The molecular formula is C13H11ClN2O5S. The van der Waals surface area contributed by atoms with E-state index in [-0.39, 0.29) is 32.9 Å². The van der Waals surface area contributed by atoms with Crippen LogP contribution in [0.4, 0.5) is 0 Å². The Morgan fingerprint density at radius 1 is 1.32 bits per heavy atom. The van der Waals surface area contributed by atoms with E-state index in [9.17, 15) is 22.8 Å². The Hall–Kier alpha value is -2.19. The van der Waals surface area contributed by atoms with Crippen LogP contribution in [0, 0.1) is 0 Å². The van der Waals surface area contributed by atoms with Crippen LogP contribution in [0.5, 0.6) is 0 Å². The van der Waals surface area contributed by atoms with Gasteiger partial charge in [-0.1, -0.05) is 11.6 Å².